The summed E-state index contributed by atoms with van der Waals surface area (Å²) in [4.78, 5) is 4.07. The molecule has 5 heteroatoms. The number of nitrogen functional groups attached to an aromatic ring is 1. The Morgan fingerprint density at radius 1 is 1.21 bits per heavy atom. The molecule has 104 valence electrons. The Kier molecular flexibility index (Phi) is 3.20. The van der Waals surface area contributed by atoms with Crippen molar-refractivity contribution in [3.8, 4) is 0 Å². The predicted octanol–water partition coefficient (Wildman–Crippen LogP) is 1.25. The van der Waals surface area contributed by atoms with E-state index in [0.29, 0.717) is 38.2 Å². The van der Waals surface area contributed by atoms with Gasteiger partial charge in [-0.2, -0.15) is 0 Å². The minimum absolute atomic E-state index is 0.438. The molecule has 1 aromatic heterocycles. The first kappa shape index (κ1) is 12.8. The lowest BCUT2D eigenvalue weighted by molar-refractivity contribution is -0.202. The highest BCUT2D eigenvalue weighted by Gasteiger charge is 2.45. The molecule has 2 aliphatic rings. The van der Waals surface area contributed by atoms with Crippen LogP contribution < -0.4 is 5.73 Å². The van der Waals surface area contributed by atoms with Gasteiger partial charge in [0.2, 0.25) is 0 Å². The Hall–Kier alpha value is -1.17. The summed E-state index contributed by atoms with van der Waals surface area (Å²) in [5, 5.41) is 10.7. The highest BCUT2D eigenvalue weighted by molar-refractivity contribution is 5.45. The van der Waals surface area contributed by atoms with E-state index < -0.39 is 11.4 Å². The van der Waals surface area contributed by atoms with E-state index in [1.807, 2.05) is 0 Å². The lowest BCUT2D eigenvalue weighted by Crippen LogP contribution is -2.44. The Morgan fingerprint density at radius 3 is 2.53 bits per heavy atom. The van der Waals surface area contributed by atoms with E-state index in [4.69, 9.17) is 15.2 Å². The highest BCUT2D eigenvalue weighted by Crippen LogP contribution is 2.41. The molecule has 0 amide bonds. The van der Waals surface area contributed by atoms with E-state index in [9.17, 15) is 5.11 Å². The average molecular weight is 264 g/mol. The van der Waals surface area contributed by atoms with Crippen molar-refractivity contribution in [3.63, 3.8) is 0 Å². The molecule has 1 aliphatic heterocycles. The number of aliphatic hydroxyl groups is 1. The SMILES string of the molecule is Nc1ccncc1CC1(O)CCC2(CC1)OCCO2. The van der Waals surface area contributed by atoms with Gasteiger partial charge in [-0.3, -0.25) is 4.98 Å². The van der Waals surface area contributed by atoms with Crippen molar-refractivity contribution in [2.75, 3.05) is 18.9 Å². The average Bonchev–Trinajstić information content (AvgIpc) is 2.86. The summed E-state index contributed by atoms with van der Waals surface area (Å²) in [6.45, 7) is 1.32. The second kappa shape index (κ2) is 4.74. The molecular weight excluding hydrogens is 244 g/mol. The van der Waals surface area contributed by atoms with Crippen molar-refractivity contribution in [2.24, 2.45) is 0 Å². The summed E-state index contributed by atoms with van der Waals surface area (Å²) in [6.07, 6.45) is 6.76. The normalized spacial score (nSPS) is 24.7. The number of pyridine rings is 1. The molecule has 0 unspecified atom stereocenters. The van der Waals surface area contributed by atoms with E-state index in [2.05, 4.69) is 4.98 Å². The van der Waals surface area contributed by atoms with Gasteiger partial charge in [-0.05, 0) is 24.5 Å². The van der Waals surface area contributed by atoms with Gasteiger partial charge in [0, 0.05) is 37.3 Å². The number of anilines is 1. The van der Waals surface area contributed by atoms with Gasteiger partial charge in [-0.1, -0.05) is 0 Å². The molecule has 2 heterocycles. The first-order chi connectivity index (χ1) is 9.11. The van der Waals surface area contributed by atoms with Crippen molar-refractivity contribution >= 4 is 5.69 Å². The summed E-state index contributed by atoms with van der Waals surface area (Å²) < 4.78 is 11.4. The van der Waals surface area contributed by atoms with Crippen molar-refractivity contribution < 1.29 is 14.6 Å². The van der Waals surface area contributed by atoms with Crippen LogP contribution >= 0.6 is 0 Å². The fourth-order valence-corrected chi connectivity index (χ4v) is 3.00. The molecule has 0 bridgehead atoms. The zero-order chi connectivity index (χ0) is 13.3. The van der Waals surface area contributed by atoms with Gasteiger partial charge in [0.05, 0.1) is 18.8 Å². The van der Waals surface area contributed by atoms with Crippen LogP contribution in [-0.4, -0.2) is 34.7 Å². The monoisotopic (exact) mass is 264 g/mol. The van der Waals surface area contributed by atoms with Crippen molar-refractivity contribution in [1.29, 1.82) is 0 Å². The number of ether oxygens (including phenoxy) is 2. The van der Waals surface area contributed by atoms with Crippen LogP contribution in [0.4, 0.5) is 5.69 Å². The van der Waals surface area contributed by atoms with Gasteiger partial charge in [0.15, 0.2) is 5.79 Å². The molecule has 0 radical (unpaired) electrons. The number of rotatable bonds is 2. The Labute approximate surface area is 112 Å². The summed E-state index contributed by atoms with van der Waals surface area (Å²) in [5.74, 6) is -0.438. The van der Waals surface area contributed by atoms with E-state index >= 15 is 0 Å². The van der Waals surface area contributed by atoms with Crippen LogP contribution in [0.25, 0.3) is 0 Å². The van der Waals surface area contributed by atoms with Gasteiger partial charge in [-0.15, -0.1) is 0 Å². The molecule has 5 nitrogen and oxygen atoms in total. The quantitative estimate of drug-likeness (QED) is 0.840. The number of hydrogen-bond donors (Lipinski definition) is 2. The topological polar surface area (TPSA) is 77.6 Å². The summed E-state index contributed by atoms with van der Waals surface area (Å²) in [7, 11) is 0. The molecule has 1 saturated carbocycles. The van der Waals surface area contributed by atoms with Gasteiger partial charge < -0.3 is 20.3 Å². The summed E-state index contributed by atoms with van der Waals surface area (Å²) in [5.41, 5.74) is 6.79. The molecule has 2 fully saturated rings. The number of nitrogens with zero attached hydrogens (tertiary/aromatic N) is 1. The largest absolute Gasteiger partial charge is 0.398 e. The Bertz CT molecular complexity index is 448. The summed E-state index contributed by atoms with van der Waals surface area (Å²) in [6, 6.07) is 1.77. The Morgan fingerprint density at radius 2 is 1.89 bits per heavy atom. The third-order valence-corrected chi connectivity index (χ3v) is 4.22. The lowest BCUT2D eigenvalue weighted by atomic mass is 9.78. The maximum Gasteiger partial charge on any atom is 0.168 e. The first-order valence-corrected chi connectivity index (χ1v) is 6.80. The van der Waals surface area contributed by atoms with E-state index in [-0.39, 0.29) is 0 Å². The van der Waals surface area contributed by atoms with Crippen LogP contribution in [0.15, 0.2) is 18.5 Å². The van der Waals surface area contributed by atoms with E-state index in [0.717, 1.165) is 18.4 Å². The highest BCUT2D eigenvalue weighted by atomic mass is 16.7. The van der Waals surface area contributed by atoms with Crippen LogP contribution in [0.5, 0.6) is 0 Å². The van der Waals surface area contributed by atoms with Crippen LogP contribution in [0.1, 0.15) is 31.2 Å². The minimum Gasteiger partial charge on any atom is -0.398 e. The fourth-order valence-electron chi connectivity index (χ4n) is 3.00. The first-order valence-electron chi connectivity index (χ1n) is 6.80. The standard InChI is InChI=1S/C14H20N2O3/c15-12-1-6-16-10-11(12)9-13(17)2-4-14(5-3-13)18-7-8-19-14/h1,6,10,17H,2-5,7-9H2,(H2,15,16). The number of nitrogens with two attached hydrogens (primary N) is 1. The molecule has 3 N–H and O–H groups in total. The van der Waals surface area contributed by atoms with Crippen molar-refractivity contribution in [2.45, 2.75) is 43.5 Å². The maximum atomic E-state index is 10.7. The zero-order valence-electron chi connectivity index (χ0n) is 11.0. The van der Waals surface area contributed by atoms with Crippen LogP contribution in [0.3, 0.4) is 0 Å². The minimum atomic E-state index is -0.724. The van der Waals surface area contributed by atoms with Crippen molar-refractivity contribution in [3.05, 3.63) is 24.0 Å². The molecule has 1 spiro atoms. The third kappa shape index (κ3) is 2.59. The van der Waals surface area contributed by atoms with Crippen LogP contribution in [0.2, 0.25) is 0 Å². The Balaban J connectivity index is 1.67. The molecule has 1 saturated heterocycles. The predicted molar refractivity (Wildman–Crippen MR) is 70.4 cm³/mol. The van der Waals surface area contributed by atoms with Gasteiger partial charge in [0.25, 0.3) is 0 Å². The molecule has 3 rings (SSSR count). The number of hydrogen-bond acceptors (Lipinski definition) is 5. The van der Waals surface area contributed by atoms with Crippen LogP contribution in [-0.2, 0) is 15.9 Å². The molecular formula is C14H20N2O3. The van der Waals surface area contributed by atoms with E-state index in [1.165, 1.54) is 0 Å². The maximum absolute atomic E-state index is 10.7. The molecule has 1 aliphatic carbocycles. The smallest absolute Gasteiger partial charge is 0.168 e. The number of aromatic nitrogens is 1. The molecule has 0 aromatic carbocycles. The summed E-state index contributed by atoms with van der Waals surface area (Å²) >= 11 is 0. The third-order valence-electron chi connectivity index (χ3n) is 4.22. The molecule has 0 atom stereocenters. The van der Waals surface area contributed by atoms with Crippen LogP contribution in [0, 0.1) is 0 Å². The van der Waals surface area contributed by atoms with Gasteiger partial charge in [-0.25, -0.2) is 0 Å². The van der Waals surface area contributed by atoms with Crippen molar-refractivity contribution in [1.82, 2.24) is 4.98 Å². The van der Waals surface area contributed by atoms with Gasteiger partial charge in [0.1, 0.15) is 0 Å². The second-order valence-electron chi connectivity index (χ2n) is 5.58. The lowest BCUT2D eigenvalue weighted by Gasteiger charge is -2.40. The van der Waals surface area contributed by atoms with Gasteiger partial charge >= 0.3 is 0 Å². The second-order valence-corrected chi connectivity index (χ2v) is 5.58. The molecule has 19 heavy (non-hydrogen) atoms. The fraction of sp³-hybridized carbons (Fsp3) is 0.643. The zero-order valence-corrected chi connectivity index (χ0v) is 11.0. The van der Waals surface area contributed by atoms with E-state index in [1.54, 1.807) is 18.5 Å². The molecule has 1 aromatic rings.